The molecular weight excluding hydrogens is 412 g/mol. The Bertz CT molecular complexity index is 1140. The van der Waals surface area contributed by atoms with Gasteiger partial charge in [-0.15, -0.1) is 10.2 Å². The van der Waals surface area contributed by atoms with Crippen molar-refractivity contribution in [2.24, 2.45) is 0 Å². The van der Waals surface area contributed by atoms with E-state index in [2.05, 4.69) is 46.7 Å². The van der Waals surface area contributed by atoms with E-state index in [0.717, 1.165) is 18.4 Å². The van der Waals surface area contributed by atoms with Gasteiger partial charge >= 0.3 is 0 Å². The van der Waals surface area contributed by atoms with Crippen molar-refractivity contribution >= 4 is 15.8 Å². The van der Waals surface area contributed by atoms with E-state index in [1.807, 2.05) is 12.1 Å². The van der Waals surface area contributed by atoms with E-state index in [4.69, 9.17) is 4.74 Å². The zero-order chi connectivity index (χ0) is 21.8. The molecule has 1 aromatic heterocycles. The van der Waals surface area contributed by atoms with E-state index in [0.29, 0.717) is 42.5 Å². The van der Waals surface area contributed by atoms with Crippen LogP contribution in [-0.4, -0.2) is 43.1 Å². The molecule has 31 heavy (non-hydrogen) atoms. The first-order valence-electron chi connectivity index (χ1n) is 10.3. The summed E-state index contributed by atoms with van der Waals surface area (Å²) in [5.41, 5.74) is 3.65. The number of nitrogens with zero attached hydrogens (tertiary/aromatic N) is 3. The maximum Gasteiger partial charge on any atom is 0.246 e. The quantitative estimate of drug-likeness (QED) is 0.603. The van der Waals surface area contributed by atoms with Crippen LogP contribution in [0.4, 0.5) is 5.82 Å². The number of benzene rings is 2. The standard InChI is InChI=1S/C23H26N4O3S/c1-17-5-7-18(8-6-17)16-24-23-12-10-20(25-26-23)19-9-11-21(30-2)22(15-19)31(28,29)27-13-3-4-14-27/h5-12,15H,3-4,13-14,16H2,1-2H3,(H,24,26). The van der Waals surface area contributed by atoms with Crippen LogP contribution in [0.2, 0.25) is 0 Å². The molecule has 0 bridgehead atoms. The fourth-order valence-corrected chi connectivity index (χ4v) is 5.28. The lowest BCUT2D eigenvalue weighted by Crippen LogP contribution is -2.28. The summed E-state index contributed by atoms with van der Waals surface area (Å²) < 4.78 is 33.0. The average Bonchev–Trinajstić information content (AvgIpc) is 3.35. The first-order valence-corrected chi connectivity index (χ1v) is 11.7. The van der Waals surface area contributed by atoms with Gasteiger partial charge in [0.05, 0.1) is 12.8 Å². The molecule has 1 aliphatic rings. The lowest BCUT2D eigenvalue weighted by Gasteiger charge is -2.18. The van der Waals surface area contributed by atoms with Gasteiger partial charge in [0, 0.05) is 25.2 Å². The summed E-state index contributed by atoms with van der Waals surface area (Å²) in [7, 11) is -2.14. The van der Waals surface area contributed by atoms with Gasteiger partial charge in [-0.25, -0.2) is 8.42 Å². The van der Waals surface area contributed by atoms with Gasteiger partial charge in [0.25, 0.3) is 0 Å². The van der Waals surface area contributed by atoms with Crippen molar-refractivity contribution in [1.82, 2.24) is 14.5 Å². The number of methoxy groups -OCH3 is 1. The molecule has 7 nitrogen and oxygen atoms in total. The SMILES string of the molecule is COc1ccc(-c2ccc(NCc3ccc(C)cc3)nn2)cc1S(=O)(=O)N1CCCC1. The summed E-state index contributed by atoms with van der Waals surface area (Å²) in [6.45, 7) is 3.78. The van der Waals surface area contributed by atoms with Crippen LogP contribution >= 0.6 is 0 Å². The molecule has 0 unspecified atom stereocenters. The maximum atomic E-state index is 13.1. The molecule has 162 valence electrons. The molecular formula is C23H26N4O3S. The monoisotopic (exact) mass is 438 g/mol. The smallest absolute Gasteiger partial charge is 0.246 e. The predicted octanol–water partition coefficient (Wildman–Crippen LogP) is 3.86. The molecule has 0 saturated carbocycles. The van der Waals surface area contributed by atoms with Crippen LogP contribution in [-0.2, 0) is 16.6 Å². The molecule has 3 aromatic rings. The summed E-state index contributed by atoms with van der Waals surface area (Å²) in [5, 5.41) is 11.8. The molecule has 0 atom stereocenters. The third kappa shape index (κ3) is 4.70. The molecule has 0 aliphatic carbocycles. The van der Waals surface area contributed by atoms with Gasteiger partial charge in [0.1, 0.15) is 16.5 Å². The maximum absolute atomic E-state index is 13.1. The number of aromatic nitrogens is 2. The van der Waals surface area contributed by atoms with Crippen molar-refractivity contribution in [2.45, 2.75) is 31.2 Å². The Kier molecular flexibility index (Phi) is 6.20. The van der Waals surface area contributed by atoms with Crippen LogP contribution in [0, 0.1) is 6.92 Å². The largest absolute Gasteiger partial charge is 0.495 e. The molecule has 0 spiro atoms. The zero-order valence-corrected chi connectivity index (χ0v) is 18.5. The van der Waals surface area contributed by atoms with E-state index < -0.39 is 10.0 Å². The number of ether oxygens (including phenoxy) is 1. The first-order chi connectivity index (χ1) is 15.0. The number of hydrogen-bond acceptors (Lipinski definition) is 6. The lowest BCUT2D eigenvalue weighted by atomic mass is 10.1. The first kappa shape index (κ1) is 21.3. The van der Waals surface area contributed by atoms with E-state index in [1.54, 1.807) is 18.2 Å². The Morgan fingerprint density at radius 1 is 1.00 bits per heavy atom. The molecule has 2 heterocycles. The van der Waals surface area contributed by atoms with Gasteiger partial charge < -0.3 is 10.1 Å². The highest BCUT2D eigenvalue weighted by Crippen LogP contribution is 2.32. The summed E-state index contributed by atoms with van der Waals surface area (Å²) in [4.78, 5) is 0.165. The van der Waals surface area contributed by atoms with Crippen LogP contribution in [0.1, 0.15) is 24.0 Å². The summed E-state index contributed by atoms with van der Waals surface area (Å²) >= 11 is 0. The fourth-order valence-electron chi connectivity index (χ4n) is 3.58. The van der Waals surface area contributed by atoms with Crippen molar-refractivity contribution in [3.05, 3.63) is 65.7 Å². The normalized spacial score (nSPS) is 14.5. The molecule has 2 aromatic carbocycles. The molecule has 1 saturated heterocycles. The van der Waals surface area contributed by atoms with Crippen LogP contribution in [0.3, 0.4) is 0 Å². The van der Waals surface area contributed by atoms with Gasteiger partial charge in [-0.05, 0) is 55.7 Å². The number of nitrogens with one attached hydrogen (secondary N) is 1. The fraction of sp³-hybridized carbons (Fsp3) is 0.304. The molecule has 1 N–H and O–H groups in total. The van der Waals surface area contributed by atoms with Crippen molar-refractivity contribution in [1.29, 1.82) is 0 Å². The summed E-state index contributed by atoms with van der Waals surface area (Å²) in [6.07, 6.45) is 1.76. The predicted molar refractivity (Wildman–Crippen MR) is 121 cm³/mol. The van der Waals surface area contributed by atoms with Gasteiger partial charge in [-0.2, -0.15) is 4.31 Å². The van der Waals surface area contributed by atoms with Crippen molar-refractivity contribution in [2.75, 3.05) is 25.5 Å². The lowest BCUT2D eigenvalue weighted by molar-refractivity contribution is 0.398. The Morgan fingerprint density at radius 3 is 2.39 bits per heavy atom. The van der Waals surface area contributed by atoms with Crippen LogP contribution in [0.25, 0.3) is 11.3 Å². The van der Waals surface area contributed by atoms with Gasteiger partial charge in [-0.1, -0.05) is 29.8 Å². The molecule has 4 rings (SSSR count). The van der Waals surface area contributed by atoms with Crippen LogP contribution in [0.15, 0.2) is 59.5 Å². The second-order valence-corrected chi connectivity index (χ2v) is 9.53. The third-order valence-electron chi connectivity index (χ3n) is 5.40. The molecule has 1 aliphatic heterocycles. The summed E-state index contributed by atoms with van der Waals surface area (Å²) in [5.74, 6) is 0.989. The minimum Gasteiger partial charge on any atom is -0.495 e. The van der Waals surface area contributed by atoms with Crippen LogP contribution in [0.5, 0.6) is 5.75 Å². The van der Waals surface area contributed by atoms with Gasteiger partial charge in [-0.3, -0.25) is 0 Å². The molecule has 1 fully saturated rings. The third-order valence-corrected chi connectivity index (χ3v) is 7.32. The Morgan fingerprint density at radius 2 is 1.74 bits per heavy atom. The van der Waals surface area contributed by atoms with Crippen LogP contribution < -0.4 is 10.1 Å². The number of rotatable bonds is 7. The Balaban J connectivity index is 1.54. The highest BCUT2D eigenvalue weighted by Gasteiger charge is 2.30. The Hall–Kier alpha value is -2.97. The van der Waals surface area contributed by atoms with E-state index in [1.165, 1.54) is 17.0 Å². The van der Waals surface area contributed by atoms with Crippen molar-refractivity contribution < 1.29 is 13.2 Å². The molecule has 0 amide bonds. The van der Waals surface area contributed by atoms with E-state index in [9.17, 15) is 8.42 Å². The van der Waals surface area contributed by atoms with Gasteiger partial charge in [0.15, 0.2) is 0 Å². The highest BCUT2D eigenvalue weighted by atomic mass is 32.2. The topological polar surface area (TPSA) is 84.4 Å². The zero-order valence-electron chi connectivity index (χ0n) is 17.7. The summed E-state index contributed by atoms with van der Waals surface area (Å²) in [6, 6.07) is 17.1. The number of hydrogen-bond donors (Lipinski definition) is 1. The minimum atomic E-state index is -3.61. The van der Waals surface area contributed by atoms with Crippen molar-refractivity contribution in [3.8, 4) is 17.0 Å². The van der Waals surface area contributed by atoms with E-state index in [-0.39, 0.29) is 4.90 Å². The number of sulfonamides is 1. The highest BCUT2D eigenvalue weighted by molar-refractivity contribution is 7.89. The number of anilines is 1. The van der Waals surface area contributed by atoms with E-state index >= 15 is 0 Å². The van der Waals surface area contributed by atoms with Gasteiger partial charge in [0.2, 0.25) is 10.0 Å². The molecule has 0 radical (unpaired) electrons. The minimum absolute atomic E-state index is 0.165. The molecule has 8 heteroatoms. The Labute approximate surface area is 183 Å². The number of aryl methyl sites for hydroxylation is 1. The second-order valence-electron chi connectivity index (χ2n) is 7.62. The average molecular weight is 439 g/mol. The van der Waals surface area contributed by atoms with Crippen molar-refractivity contribution in [3.63, 3.8) is 0 Å². The second kappa shape index (κ2) is 9.03.